The Bertz CT molecular complexity index is 1010. The van der Waals surface area contributed by atoms with Gasteiger partial charge in [0.05, 0.1) is 9.75 Å². The molecule has 0 aromatic carbocycles. The number of aryl methyl sites for hydroxylation is 2. The fraction of sp³-hybridized carbons (Fsp3) is 0.294. The molecule has 0 bridgehead atoms. The first-order chi connectivity index (χ1) is 13.1. The first-order valence-electron chi connectivity index (χ1n) is 8.51. The Morgan fingerprint density at radius 1 is 1.30 bits per heavy atom. The van der Waals surface area contributed by atoms with Gasteiger partial charge in [0, 0.05) is 4.88 Å². The number of hydrogen-bond donors (Lipinski definition) is 3. The van der Waals surface area contributed by atoms with E-state index in [1.807, 2.05) is 23.6 Å². The van der Waals surface area contributed by atoms with Gasteiger partial charge in [-0.2, -0.15) is 5.10 Å². The summed E-state index contributed by atoms with van der Waals surface area (Å²) in [5, 5.41) is 8.82. The molecule has 0 fully saturated rings. The van der Waals surface area contributed by atoms with Gasteiger partial charge < -0.3 is 0 Å². The van der Waals surface area contributed by atoms with Crippen molar-refractivity contribution < 1.29 is 9.59 Å². The van der Waals surface area contributed by atoms with Gasteiger partial charge in [0.2, 0.25) is 0 Å². The van der Waals surface area contributed by atoms with E-state index in [9.17, 15) is 9.59 Å². The molecule has 3 aromatic heterocycles. The molecule has 0 saturated heterocycles. The van der Waals surface area contributed by atoms with Crippen LogP contribution in [0.2, 0.25) is 0 Å². The normalized spacial score (nSPS) is 13.2. The number of fused-ring (bicyclic) bond motifs is 1. The molecule has 3 aromatic rings. The van der Waals surface area contributed by atoms with E-state index in [4.69, 9.17) is 12.2 Å². The van der Waals surface area contributed by atoms with Gasteiger partial charge in [-0.05, 0) is 61.0 Å². The lowest BCUT2D eigenvalue weighted by Crippen LogP contribution is -2.43. The summed E-state index contributed by atoms with van der Waals surface area (Å²) in [6, 6.07) is 5.75. The van der Waals surface area contributed by atoms with Crippen LogP contribution < -0.4 is 10.9 Å². The maximum absolute atomic E-state index is 12.3. The van der Waals surface area contributed by atoms with E-state index < -0.39 is 0 Å². The number of amides is 2. The largest absolute Gasteiger partial charge is 0.290 e. The van der Waals surface area contributed by atoms with Crippen LogP contribution in [0.25, 0.3) is 10.7 Å². The average Bonchev–Trinajstić information content (AvgIpc) is 3.40. The van der Waals surface area contributed by atoms with E-state index in [0.717, 1.165) is 17.7 Å². The second-order valence-corrected chi connectivity index (χ2v) is 8.66. The Hall–Kier alpha value is -2.30. The van der Waals surface area contributed by atoms with Crippen molar-refractivity contribution in [1.82, 2.24) is 25.6 Å². The molecule has 0 spiro atoms. The van der Waals surface area contributed by atoms with Gasteiger partial charge in [0.1, 0.15) is 6.54 Å². The summed E-state index contributed by atoms with van der Waals surface area (Å²) in [6.07, 6.45) is 4.39. The molecule has 1 aliphatic rings. The highest BCUT2D eigenvalue weighted by atomic mass is 32.1. The van der Waals surface area contributed by atoms with Crippen molar-refractivity contribution in [1.29, 1.82) is 0 Å². The van der Waals surface area contributed by atoms with Gasteiger partial charge in [0.25, 0.3) is 11.8 Å². The average molecular weight is 420 g/mol. The van der Waals surface area contributed by atoms with E-state index >= 15 is 0 Å². The van der Waals surface area contributed by atoms with E-state index in [0.29, 0.717) is 15.5 Å². The van der Waals surface area contributed by atoms with Crippen molar-refractivity contribution in [3.05, 3.63) is 43.7 Å². The highest BCUT2D eigenvalue weighted by Gasteiger charge is 2.18. The summed E-state index contributed by atoms with van der Waals surface area (Å²) in [6.45, 7) is -0.0379. The zero-order valence-electron chi connectivity index (χ0n) is 14.3. The van der Waals surface area contributed by atoms with Crippen molar-refractivity contribution in [2.75, 3.05) is 0 Å². The third-order valence-corrected chi connectivity index (χ3v) is 6.75. The molecule has 27 heavy (non-hydrogen) atoms. The number of H-pyrrole nitrogens is 1. The molecule has 2 amide bonds. The van der Waals surface area contributed by atoms with Gasteiger partial charge in [0.15, 0.2) is 10.6 Å². The van der Waals surface area contributed by atoms with Gasteiger partial charge >= 0.3 is 0 Å². The number of rotatable bonds is 4. The quantitative estimate of drug-likeness (QED) is 0.448. The SMILES string of the molecule is O=C(Cn1c(-c2cccs2)n[nH]c1=S)NNC(=O)c1cc2c(s1)CCCC2. The number of carbonyl (C=O) groups is 2. The number of hydrazine groups is 1. The molecular weight excluding hydrogens is 402 g/mol. The molecule has 1 aliphatic carbocycles. The molecule has 4 rings (SSSR count). The van der Waals surface area contributed by atoms with Gasteiger partial charge in [-0.3, -0.25) is 30.1 Å². The fourth-order valence-corrected chi connectivity index (χ4v) is 5.10. The third-order valence-electron chi connectivity index (χ3n) is 4.34. The summed E-state index contributed by atoms with van der Waals surface area (Å²) < 4.78 is 1.96. The first kappa shape index (κ1) is 18.1. The monoisotopic (exact) mass is 419 g/mol. The summed E-state index contributed by atoms with van der Waals surface area (Å²) >= 11 is 8.23. The molecule has 0 unspecified atom stereocenters. The van der Waals surface area contributed by atoms with E-state index in [1.54, 1.807) is 4.57 Å². The Kier molecular flexibility index (Phi) is 5.19. The van der Waals surface area contributed by atoms with Crippen LogP contribution in [-0.2, 0) is 24.2 Å². The topological polar surface area (TPSA) is 91.8 Å². The zero-order valence-corrected chi connectivity index (χ0v) is 16.7. The first-order valence-corrected chi connectivity index (χ1v) is 10.6. The lowest BCUT2D eigenvalue weighted by molar-refractivity contribution is -0.122. The molecule has 3 heterocycles. The number of aromatic nitrogens is 3. The van der Waals surface area contributed by atoms with Crippen molar-refractivity contribution in [2.24, 2.45) is 0 Å². The molecule has 0 saturated carbocycles. The lowest BCUT2D eigenvalue weighted by Gasteiger charge is -2.08. The van der Waals surface area contributed by atoms with Crippen molar-refractivity contribution in [2.45, 2.75) is 32.2 Å². The standard InChI is InChI=1S/C17H17N5O2S3/c23-14(9-22-15(19-21-17(22)25)12-6-3-7-26-12)18-20-16(24)13-8-10-4-1-2-5-11(10)27-13/h3,6-8H,1-2,4-5,9H2,(H,18,23)(H,20,24)(H,21,25). The second-order valence-electron chi connectivity index (χ2n) is 6.18. The number of hydrogen-bond acceptors (Lipinski definition) is 6. The summed E-state index contributed by atoms with van der Waals surface area (Å²) in [5.41, 5.74) is 6.21. The van der Waals surface area contributed by atoms with E-state index in [-0.39, 0.29) is 18.4 Å². The number of carbonyl (C=O) groups excluding carboxylic acids is 2. The lowest BCUT2D eigenvalue weighted by atomic mass is 9.99. The van der Waals surface area contributed by atoms with Crippen molar-refractivity contribution in [3.8, 4) is 10.7 Å². The Balaban J connectivity index is 1.39. The minimum atomic E-state index is -0.375. The Morgan fingerprint density at radius 3 is 2.93 bits per heavy atom. The molecule has 0 radical (unpaired) electrons. The van der Waals surface area contributed by atoms with Crippen LogP contribution in [0.15, 0.2) is 23.6 Å². The third kappa shape index (κ3) is 3.87. The minimum Gasteiger partial charge on any atom is -0.290 e. The van der Waals surface area contributed by atoms with Crippen LogP contribution in [0.1, 0.15) is 33.0 Å². The summed E-state index contributed by atoms with van der Waals surface area (Å²) in [5.74, 6) is -0.0700. The molecular formula is C17H17N5O2S3. The Morgan fingerprint density at radius 2 is 2.15 bits per heavy atom. The molecule has 7 nitrogen and oxygen atoms in total. The predicted octanol–water partition coefficient (Wildman–Crippen LogP) is 3.07. The fourth-order valence-electron chi connectivity index (χ4n) is 3.03. The minimum absolute atomic E-state index is 0.0379. The van der Waals surface area contributed by atoms with Gasteiger partial charge in [-0.25, -0.2) is 0 Å². The van der Waals surface area contributed by atoms with Crippen LogP contribution in [-0.4, -0.2) is 26.6 Å². The zero-order chi connectivity index (χ0) is 18.8. The second kappa shape index (κ2) is 7.75. The van der Waals surface area contributed by atoms with Gasteiger partial charge in [-0.15, -0.1) is 22.7 Å². The van der Waals surface area contributed by atoms with E-state index in [2.05, 4.69) is 21.0 Å². The van der Waals surface area contributed by atoms with Crippen LogP contribution >= 0.6 is 34.9 Å². The van der Waals surface area contributed by atoms with Crippen LogP contribution in [0.5, 0.6) is 0 Å². The predicted molar refractivity (Wildman–Crippen MR) is 107 cm³/mol. The molecule has 10 heteroatoms. The van der Waals surface area contributed by atoms with Crippen LogP contribution in [0.3, 0.4) is 0 Å². The number of nitrogens with one attached hydrogen (secondary N) is 3. The summed E-state index contributed by atoms with van der Waals surface area (Å²) in [4.78, 5) is 27.4. The number of thiophene rings is 2. The Labute approximate surface area is 168 Å². The smallest absolute Gasteiger partial charge is 0.279 e. The highest BCUT2D eigenvalue weighted by molar-refractivity contribution is 7.71. The van der Waals surface area contributed by atoms with Crippen LogP contribution in [0.4, 0.5) is 0 Å². The molecule has 3 N–H and O–H groups in total. The number of nitrogens with zero attached hydrogens (tertiary/aromatic N) is 2. The molecule has 140 valence electrons. The summed E-state index contributed by atoms with van der Waals surface area (Å²) in [7, 11) is 0. The van der Waals surface area contributed by atoms with Gasteiger partial charge in [-0.1, -0.05) is 6.07 Å². The maximum atomic E-state index is 12.3. The van der Waals surface area contributed by atoms with Crippen molar-refractivity contribution >= 4 is 46.7 Å². The van der Waals surface area contributed by atoms with Crippen LogP contribution in [0, 0.1) is 4.77 Å². The molecule has 0 atom stereocenters. The maximum Gasteiger partial charge on any atom is 0.279 e. The van der Waals surface area contributed by atoms with E-state index in [1.165, 1.54) is 46.0 Å². The molecule has 0 aliphatic heterocycles. The highest BCUT2D eigenvalue weighted by Crippen LogP contribution is 2.29. The van der Waals surface area contributed by atoms with Crippen molar-refractivity contribution in [3.63, 3.8) is 0 Å². The number of aromatic amines is 1.